The largest absolute Gasteiger partial charge is 0.350 e. The zero-order valence-electron chi connectivity index (χ0n) is 22.5. The lowest BCUT2D eigenvalue weighted by atomic mass is 10.0. The van der Waals surface area contributed by atoms with E-state index in [9.17, 15) is 18.0 Å². The number of hydrogen-bond donors (Lipinski definition) is 1. The SMILES string of the molecule is CC[C@H](C(=O)NC(C)(C)C)N(Cc1ccc(C)cc1)C(=O)CN(c1cccc2ccccc12)S(C)(=O)=O. The van der Waals surface area contributed by atoms with Gasteiger partial charge in [0.2, 0.25) is 21.8 Å². The summed E-state index contributed by atoms with van der Waals surface area (Å²) in [6.45, 7) is 9.25. The number of sulfonamides is 1. The van der Waals surface area contributed by atoms with Crippen LogP contribution in [-0.2, 0) is 26.2 Å². The predicted octanol–water partition coefficient (Wildman–Crippen LogP) is 4.64. The third-order valence-corrected chi connectivity index (χ3v) is 7.20. The zero-order chi connectivity index (χ0) is 27.4. The number of rotatable bonds is 9. The number of amides is 2. The van der Waals surface area contributed by atoms with Gasteiger partial charge in [-0.2, -0.15) is 0 Å². The zero-order valence-corrected chi connectivity index (χ0v) is 23.3. The minimum atomic E-state index is -3.81. The van der Waals surface area contributed by atoms with Gasteiger partial charge in [-0.3, -0.25) is 13.9 Å². The van der Waals surface area contributed by atoms with Crippen molar-refractivity contribution in [3.63, 3.8) is 0 Å². The lowest BCUT2D eigenvalue weighted by Crippen LogP contribution is -2.55. The number of carbonyl (C=O) groups is 2. The quantitative estimate of drug-likeness (QED) is 0.443. The maximum absolute atomic E-state index is 13.9. The number of hydrogen-bond acceptors (Lipinski definition) is 4. The smallest absolute Gasteiger partial charge is 0.244 e. The van der Waals surface area contributed by atoms with Gasteiger partial charge >= 0.3 is 0 Å². The third kappa shape index (κ3) is 7.32. The first-order valence-electron chi connectivity index (χ1n) is 12.4. The van der Waals surface area contributed by atoms with Gasteiger partial charge in [0.1, 0.15) is 12.6 Å². The summed E-state index contributed by atoms with van der Waals surface area (Å²) in [5.41, 5.74) is 1.89. The average Bonchev–Trinajstić information content (AvgIpc) is 2.81. The van der Waals surface area contributed by atoms with E-state index >= 15 is 0 Å². The van der Waals surface area contributed by atoms with E-state index in [0.717, 1.165) is 32.5 Å². The molecule has 0 unspecified atom stereocenters. The molecule has 0 aromatic heterocycles. The molecule has 1 atom stereocenters. The van der Waals surface area contributed by atoms with E-state index in [4.69, 9.17) is 0 Å². The Bertz CT molecular complexity index is 1360. The molecule has 0 saturated carbocycles. The summed E-state index contributed by atoms with van der Waals surface area (Å²) in [5.74, 6) is -0.721. The highest BCUT2D eigenvalue weighted by Crippen LogP contribution is 2.29. The first kappa shape index (κ1) is 28.2. The summed E-state index contributed by atoms with van der Waals surface area (Å²) in [4.78, 5) is 28.7. The molecule has 0 spiro atoms. The van der Waals surface area contributed by atoms with Crippen molar-refractivity contribution >= 4 is 38.3 Å². The molecular formula is C29H37N3O4S. The van der Waals surface area contributed by atoms with Gasteiger partial charge in [0, 0.05) is 17.5 Å². The fourth-order valence-electron chi connectivity index (χ4n) is 4.28. The number of fused-ring (bicyclic) bond motifs is 1. The normalized spacial score (nSPS) is 12.7. The summed E-state index contributed by atoms with van der Waals surface area (Å²) >= 11 is 0. The molecule has 0 aliphatic rings. The van der Waals surface area contributed by atoms with E-state index < -0.39 is 34.1 Å². The highest BCUT2D eigenvalue weighted by atomic mass is 32.2. The fourth-order valence-corrected chi connectivity index (χ4v) is 5.14. The number of carbonyl (C=O) groups excluding carboxylic acids is 2. The van der Waals surface area contributed by atoms with Crippen LogP contribution in [0, 0.1) is 6.92 Å². The van der Waals surface area contributed by atoms with E-state index in [1.807, 2.05) is 89.2 Å². The van der Waals surface area contributed by atoms with Gasteiger partial charge in [0.05, 0.1) is 11.9 Å². The Morgan fingerprint density at radius 1 is 0.946 bits per heavy atom. The third-order valence-electron chi connectivity index (χ3n) is 6.07. The lowest BCUT2D eigenvalue weighted by Gasteiger charge is -2.34. The minimum Gasteiger partial charge on any atom is -0.350 e. The van der Waals surface area contributed by atoms with Gasteiger partial charge in [-0.25, -0.2) is 8.42 Å². The monoisotopic (exact) mass is 523 g/mol. The molecule has 3 rings (SSSR count). The molecule has 1 N–H and O–H groups in total. The second kappa shape index (κ2) is 11.3. The Balaban J connectivity index is 2.03. The Labute approximate surface area is 220 Å². The molecule has 2 amide bonds. The van der Waals surface area contributed by atoms with Crippen molar-refractivity contribution in [2.24, 2.45) is 0 Å². The van der Waals surface area contributed by atoms with Crippen LogP contribution in [0.4, 0.5) is 5.69 Å². The first-order chi connectivity index (χ1) is 17.3. The summed E-state index contributed by atoms with van der Waals surface area (Å²) in [7, 11) is -3.81. The van der Waals surface area contributed by atoms with Crippen molar-refractivity contribution in [3.05, 3.63) is 77.9 Å². The minimum absolute atomic E-state index is 0.183. The predicted molar refractivity (Wildman–Crippen MR) is 150 cm³/mol. The molecule has 0 fully saturated rings. The summed E-state index contributed by atoms with van der Waals surface area (Å²) in [5, 5.41) is 4.57. The fraction of sp³-hybridized carbons (Fsp3) is 0.379. The highest BCUT2D eigenvalue weighted by Gasteiger charge is 2.33. The molecular weight excluding hydrogens is 486 g/mol. The van der Waals surface area contributed by atoms with Gasteiger partial charge in [-0.1, -0.05) is 73.2 Å². The van der Waals surface area contributed by atoms with Crippen LogP contribution in [0.3, 0.4) is 0 Å². The van der Waals surface area contributed by atoms with Crippen LogP contribution in [0.25, 0.3) is 10.8 Å². The van der Waals surface area contributed by atoms with Gasteiger partial charge in [0.15, 0.2) is 0 Å². The molecule has 0 aliphatic heterocycles. The topological polar surface area (TPSA) is 86.8 Å². The van der Waals surface area contributed by atoms with Gasteiger partial charge in [0.25, 0.3) is 0 Å². The van der Waals surface area contributed by atoms with Crippen LogP contribution in [0.5, 0.6) is 0 Å². The summed E-state index contributed by atoms with van der Waals surface area (Å²) in [6.07, 6.45) is 1.47. The van der Waals surface area contributed by atoms with Crippen LogP contribution in [0.15, 0.2) is 66.7 Å². The Morgan fingerprint density at radius 2 is 1.57 bits per heavy atom. The Morgan fingerprint density at radius 3 is 2.16 bits per heavy atom. The molecule has 0 bridgehead atoms. The van der Waals surface area contributed by atoms with Crippen molar-refractivity contribution < 1.29 is 18.0 Å². The van der Waals surface area contributed by atoms with Gasteiger partial charge < -0.3 is 10.2 Å². The molecule has 7 nitrogen and oxygen atoms in total. The molecule has 37 heavy (non-hydrogen) atoms. The average molecular weight is 524 g/mol. The number of nitrogens with one attached hydrogen (secondary N) is 1. The summed E-state index contributed by atoms with van der Waals surface area (Å²) < 4.78 is 27.1. The second-order valence-electron chi connectivity index (χ2n) is 10.4. The Kier molecular flexibility index (Phi) is 8.64. The molecule has 0 radical (unpaired) electrons. The summed E-state index contributed by atoms with van der Waals surface area (Å²) in [6, 6.07) is 19.8. The van der Waals surface area contributed by atoms with Crippen molar-refractivity contribution in [3.8, 4) is 0 Å². The second-order valence-corrected chi connectivity index (χ2v) is 12.3. The van der Waals surface area contributed by atoms with E-state index in [0.29, 0.717) is 12.1 Å². The van der Waals surface area contributed by atoms with Gasteiger partial charge in [-0.15, -0.1) is 0 Å². The van der Waals surface area contributed by atoms with Crippen LogP contribution in [0.2, 0.25) is 0 Å². The standard InChI is InChI=1S/C29H37N3O4S/c1-7-25(28(34)30-29(3,4)5)31(19-22-17-15-21(2)16-18-22)27(33)20-32(37(6,35)36)26-14-10-12-23-11-8-9-13-24(23)26/h8-18,25H,7,19-20H2,1-6H3,(H,30,34)/t25-/m1/s1. The van der Waals surface area contributed by atoms with Crippen LogP contribution < -0.4 is 9.62 Å². The van der Waals surface area contributed by atoms with Crippen molar-refractivity contribution in [1.82, 2.24) is 10.2 Å². The van der Waals surface area contributed by atoms with E-state index in [2.05, 4.69) is 5.32 Å². The van der Waals surface area contributed by atoms with Crippen LogP contribution >= 0.6 is 0 Å². The number of anilines is 1. The van der Waals surface area contributed by atoms with Crippen molar-refractivity contribution in [2.75, 3.05) is 17.1 Å². The highest BCUT2D eigenvalue weighted by molar-refractivity contribution is 7.92. The van der Waals surface area contributed by atoms with E-state index in [1.165, 1.54) is 4.90 Å². The molecule has 0 aliphatic carbocycles. The first-order valence-corrected chi connectivity index (χ1v) is 14.3. The van der Waals surface area contributed by atoms with Crippen molar-refractivity contribution in [2.45, 2.75) is 59.2 Å². The lowest BCUT2D eigenvalue weighted by molar-refractivity contribution is -0.141. The number of benzene rings is 3. The van der Waals surface area contributed by atoms with Crippen LogP contribution in [-0.4, -0.2) is 49.5 Å². The maximum atomic E-state index is 13.9. The number of nitrogens with zero attached hydrogens (tertiary/aromatic N) is 2. The molecule has 8 heteroatoms. The molecule has 3 aromatic carbocycles. The molecule has 198 valence electrons. The molecule has 0 saturated heterocycles. The molecule has 0 heterocycles. The Hall–Kier alpha value is -3.39. The molecule has 3 aromatic rings. The van der Waals surface area contributed by atoms with Gasteiger partial charge in [-0.05, 0) is 51.1 Å². The van der Waals surface area contributed by atoms with E-state index in [-0.39, 0.29) is 12.5 Å². The van der Waals surface area contributed by atoms with Crippen molar-refractivity contribution in [1.29, 1.82) is 0 Å². The maximum Gasteiger partial charge on any atom is 0.244 e. The van der Waals surface area contributed by atoms with E-state index in [1.54, 1.807) is 12.1 Å². The number of aryl methyl sites for hydroxylation is 1. The van der Waals surface area contributed by atoms with Crippen LogP contribution in [0.1, 0.15) is 45.2 Å².